The maximum absolute atomic E-state index is 12.5. The molecule has 0 aromatic heterocycles. The van der Waals surface area contributed by atoms with Crippen LogP contribution >= 0.6 is 0 Å². The Morgan fingerprint density at radius 3 is 2.48 bits per heavy atom. The minimum absolute atomic E-state index is 0.357. The average molecular weight is 294 g/mol. The van der Waals surface area contributed by atoms with Gasteiger partial charge in [0.2, 0.25) is 5.91 Å². The summed E-state index contributed by atoms with van der Waals surface area (Å²) < 4.78 is 0. The van der Waals surface area contributed by atoms with Gasteiger partial charge in [0.25, 0.3) is 0 Å². The first-order valence-electron chi connectivity index (χ1n) is 8.38. The molecule has 2 saturated heterocycles. The van der Waals surface area contributed by atoms with Crippen LogP contribution in [0.15, 0.2) is 0 Å². The first-order valence-corrected chi connectivity index (χ1v) is 8.38. The monoisotopic (exact) mass is 294 g/mol. The summed E-state index contributed by atoms with van der Waals surface area (Å²) >= 11 is 0. The molecule has 5 heteroatoms. The number of nitrogens with zero attached hydrogens (tertiary/aromatic N) is 4. The Morgan fingerprint density at radius 1 is 1.10 bits per heavy atom. The van der Waals surface area contributed by atoms with Gasteiger partial charge >= 0.3 is 0 Å². The van der Waals surface area contributed by atoms with E-state index in [1.807, 2.05) is 0 Å². The molecule has 5 nitrogen and oxygen atoms in total. The summed E-state index contributed by atoms with van der Waals surface area (Å²) in [5.41, 5.74) is 0. The van der Waals surface area contributed by atoms with Gasteiger partial charge < -0.3 is 14.7 Å². The molecule has 120 valence electrons. The maximum atomic E-state index is 12.5. The van der Waals surface area contributed by atoms with Crippen molar-refractivity contribution in [2.75, 3.05) is 73.5 Å². The molecule has 0 N–H and O–H groups in total. The summed E-state index contributed by atoms with van der Waals surface area (Å²) in [6, 6.07) is 0. The molecule has 0 aromatic rings. The van der Waals surface area contributed by atoms with Crippen LogP contribution in [-0.4, -0.2) is 99.0 Å². The Labute approximate surface area is 128 Å². The molecule has 2 aliphatic heterocycles. The van der Waals surface area contributed by atoms with Crippen molar-refractivity contribution in [2.45, 2.75) is 6.42 Å². The van der Waals surface area contributed by atoms with Crippen LogP contribution in [-0.2, 0) is 4.79 Å². The molecule has 2 heterocycles. The van der Waals surface area contributed by atoms with Gasteiger partial charge in [0.15, 0.2) is 0 Å². The van der Waals surface area contributed by atoms with E-state index in [0.717, 1.165) is 57.0 Å². The molecule has 3 rings (SSSR count). The number of rotatable bonds is 4. The highest BCUT2D eigenvalue weighted by molar-refractivity contribution is 5.78. The second-order valence-corrected chi connectivity index (χ2v) is 7.49. The maximum Gasteiger partial charge on any atom is 0.236 e. The Kier molecular flexibility index (Phi) is 4.52. The van der Waals surface area contributed by atoms with E-state index in [1.54, 1.807) is 0 Å². The van der Waals surface area contributed by atoms with Crippen molar-refractivity contribution in [1.29, 1.82) is 0 Å². The van der Waals surface area contributed by atoms with E-state index in [1.165, 1.54) is 13.0 Å². The second kappa shape index (κ2) is 6.23. The molecule has 1 unspecified atom stereocenters. The topological polar surface area (TPSA) is 30.0 Å². The van der Waals surface area contributed by atoms with Crippen LogP contribution in [0.4, 0.5) is 0 Å². The first kappa shape index (κ1) is 15.3. The molecule has 3 atom stereocenters. The summed E-state index contributed by atoms with van der Waals surface area (Å²) in [6.45, 7) is 8.19. The third kappa shape index (κ3) is 3.58. The molecule has 21 heavy (non-hydrogen) atoms. The van der Waals surface area contributed by atoms with Gasteiger partial charge in [-0.05, 0) is 58.4 Å². The van der Waals surface area contributed by atoms with Crippen molar-refractivity contribution in [2.24, 2.45) is 17.8 Å². The van der Waals surface area contributed by atoms with Crippen molar-refractivity contribution in [3.05, 3.63) is 0 Å². The fraction of sp³-hybridized carbons (Fsp3) is 0.938. The van der Waals surface area contributed by atoms with Crippen LogP contribution < -0.4 is 0 Å². The van der Waals surface area contributed by atoms with Crippen LogP contribution in [0.25, 0.3) is 0 Å². The predicted octanol–water partition coefficient (Wildman–Crippen LogP) is -0.110. The van der Waals surface area contributed by atoms with Crippen molar-refractivity contribution >= 4 is 5.91 Å². The number of likely N-dealkylation sites (N-methyl/N-ethyl adjacent to an activating group) is 1. The third-order valence-electron chi connectivity index (χ3n) is 5.47. The average Bonchev–Trinajstić information content (AvgIpc) is 2.92. The van der Waals surface area contributed by atoms with Gasteiger partial charge in [0, 0.05) is 32.7 Å². The van der Waals surface area contributed by atoms with Gasteiger partial charge in [-0.2, -0.15) is 0 Å². The van der Waals surface area contributed by atoms with E-state index in [2.05, 4.69) is 40.7 Å². The standard InChI is InChI=1S/C16H30N4O/c1-17(2)9-13-14-10-20(11-15(13)14)16(21)12-19-6-4-5-18(3)7-8-19/h13-15H,4-12H2,1-3H3/t13?,14-,15+. The number of carbonyl (C=O) groups is 1. The van der Waals surface area contributed by atoms with E-state index in [-0.39, 0.29) is 0 Å². The van der Waals surface area contributed by atoms with E-state index in [0.29, 0.717) is 12.5 Å². The van der Waals surface area contributed by atoms with Gasteiger partial charge in [-0.3, -0.25) is 9.69 Å². The Hall–Kier alpha value is -0.650. The molecule has 0 aromatic carbocycles. The normalized spacial score (nSPS) is 34.1. The zero-order valence-corrected chi connectivity index (χ0v) is 13.8. The molecule has 0 radical (unpaired) electrons. The van der Waals surface area contributed by atoms with Crippen molar-refractivity contribution in [1.82, 2.24) is 19.6 Å². The second-order valence-electron chi connectivity index (χ2n) is 7.49. The van der Waals surface area contributed by atoms with Crippen LogP contribution in [0.1, 0.15) is 6.42 Å². The fourth-order valence-corrected chi connectivity index (χ4v) is 4.09. The Morgan fingerprint density at radius 2 is 1.81 bits per heavy atom. The van der Waals surface area contributed by atoms with E-state index in [4.69, 9.17) is 0 Å². The van der Waals surface area contributed by atoms with Crippen molar-refractivity contribution in [3.63, 3.8) is 0 Å². The predicted molar refractivity (Wildman–Crippen MR) is 84.2 cm³/mol. The SMILES string of the molecule is CN(C)CC1[C@H]2CN(C(=O)CN3CCCN(C)CC3)C[C@@H]12. The quantitative estimate of drug-likeness (QED) is 0.724. The van der Waals surface area contributed by atoms with E-state index < -0.39 is 0 Å². The number of piperidine rings is 1. The zero-order chi connectivity index (χ0) is 15.0. The number of carbonyl (C=O) groups excluding carboxylic acids is 1. The summed E-state index contributed by atoms with van der Waals surface area (Å²) in [5, 5.41) is 0. The highest BCUT2D eigenvalue weighted by Crippen LogP contribution is 2.51. The highest BCUT2D eigenvalue weighted by Gasteiger charge is 2.56. The molecule has 3 aliphatic rings. The lowest BCUT2D eigenvalue weighted by atomic mass is 10.2. The minimum Gasteiger partial charge on any atom is -0.341 e. The molecule has 1 saturated carbocycles. The van der Waals surface area contributed by atoms with Crippen LogP contribution in [0.3, 0.4) is 0 Å². The van der Waals surface area contributed by atoms with Crippen LogP contribution in [0, 0.1) is 17.8 Å². The van der Waals surface area contributed by atoms with Gasteiger partial charge in [-0.15, -0.1) is 0 Å². The third-order valence-corrected chi connectivity index (χ3v) is 5.47. The van der Waals surface area contributed by atoms with E-state index >= 15 is 0 Å². The lowest BCUT2D eigenvalue weighted by molar-refractivity contribution is -0.132. The molecule has 0 spiro atoms. The number of fused-ring (bicyclic) bond motifs is 1. The van der Waals surface area contributed by atoms with E-state index in [9.17, 15) is 4.79 Å². The summed E-state index contributed by atoms with van der Waals surface area (Å²) in [5.74, 6) is 2.77. The number of hydrogen-bond acceptors (Lipinski definition) is 4. The fourth-order valence-electron chi connectivity index (χ4n) is 4.09. The van der Waals surface area contributed by atoms with Gasteiger partial charge in [0.1, 0.15) is 0 Å². The van der Waals surface area contributed by atoms with Gasteiger partial charge in [0.05, 0.1) is 6.54 Å². The molecule has 1 amide bonds. The molecule has 1 aliphatic carbocycles. The van der Waals surface area contributed by atoms with Crippen LogP contribution in [0.5, 0.6) is 0 Å². The van der Waals surface area contributed by atoms with Crippen molar-refractivity contribution in [3.8, 4) is 0 Å². The largest absolute Gasteiger partial charge is 0.341 e. The Balaban J connectivity index is 1.42. The van der Waals surface area contributed by atoms with Gasteiger partial charge in [-0.1, -0.05) is 0 Å². The molecular weight excluding hydrogens is 264 g/mol. The zero-order valence-electron chi connectivity index (χ0n) is 13.8. The molecular formula is C16H30N4O. The summed E-state index contributed by atoms with van der Waals surface area (Å²) in [4.78, 5) is 21.6. The summed E-state index contributed by atoms with van der Waals surface area (Å²) in [7, 11) is 6.46. The smallest absolute Gasteiger partial charge is 0.236 e. The van der Waals surface area contributed by atoms with Gasteiger partial charge in [-0.25, -0.2) is 0 Å². The Bertz CT molecular complexity index is 374. The number of likely N-dealkylation sites (tertiary alicyclic amines) is 1. The highest BCUT2D eigenvalue weighted by atomic mass is 16.2. The lowest BCUT2D eigenvalue weighted by Crippen LogP contribution is -2.42. The van der Waals surface area contributed by atoms with Crippen LogP contribution in [0.2, 0.25) is 0 Å². The minimum atomic E-state index is 0.357. The lowest BCUT2D eigenvalue weighted by Gasteiger charge is -2.25. The molecule has 3 fully saturated rings. The van der Waals surface area contributed by atoms with Crippen molar-refractivity contribution < 1.29 is 4.79 Å². The number of hydrogen-bond donors (Lipinski definition) is 0. The first-order chi connectivity index (χ1) is 10.0. The number of amides is 1. The molecule has 0 bridgehead atoms. The summed E-state index contributed by atoms with van der Waals surface area (Å²) in [6.07, 6.45) is 1.18.